The zero-order valence-electron chi connectivity index (χ0n) is 11.8. The summed E-state index contributed by atoms with van der Waals surface area (Å²) in [7, 11) is 0. The van der Waals surface area contributed by atoms with Crippen molar-refractivity contribution in [3.8, 4) is 11.3 Å². The van der Waals surface area contributed by atoms with E-state index in [1.165, 1.54) is 16.0 Å². The van der Waals surface area contributed by atoms with E-state index < -0.39 is 0 Å². The highest BCUT2D eigenvalue weighted by Crippen LogP contribution is 2.26. The van der Waals surface area contributed by atoms with Crippen molar-refractivity contribution < 1.29 is 0 Å². The number of aryl methyl sites for hydroxylation is 2. The summed E-state index contributed by atoms with van der Waals surface area (Å²) < 4.78 is 0. The number of pyridine rings is 1. The Morgan fingerprint density at radius 3 is 2.33 bits per heavy atom. The molecule has 1 aromatic carbocycles. The average molecular weight is 259 g/mol. The van der Waals surface area contributed by atoms with Gasteiger partial charge in [0.1, 0.15) is 0 Å². The summed E-state index contributed by atoms with van der Waals surface area (Å²) in [5.74, 6) is 0. The second-order valence-corrected chi connectivity index (χ2v) is 4.72. The van der Waals surface area contributed by atoms with Crippen molar-refractivity contribution in [1.82, 2.24) is 4.98 Å². The fourth-order valence-electron chi connectivity index (χ4n) is 1.70. The summed E-state index contributed by atoms with van der Waals surface area (Å²) in [6, 6.07) is 12.7. The lowest BCUT2D eigenvalue weighted by atomic mass is 10.1. The monoisotopic (exact) mass is 259 g/mol. The molecule has 2 aromatic rings. The average Bonchev–Trinajstić information content (AvgIpc) is 2.41. The normalized spacial score (nSPS) is 9.61. The topological polar surface area (TPSA) is 12.9 Å². The minimum atomic E-state index is 1.06. The van der Waals surface area contributed by atoms with Crippen molar-refractivity contribution in [2.75, 3.05) is 6.26 Å². The van der Waals surface area contributed by atoms with E-state index in [0.29, 0.717) is 0 Å². The van der Waals surface area contributed by atoms with Gasteiger partial charge >= 0.3 is 0 Å². The van der Waals surface area contributed by atoms with E-state index in [1.54, 1.807) is 11.8 Å². The number of nitrogens with zero attached hydrogens (tertiary/aromatic N) is 1. The third kappa shape index (κ3) is 3.61. The van der Waals surface area contributed by atoms with Gasteiger partial charge in [0.05, 0.1) is 5.69 Å². The Labute approximate surface area is 115 Å². The Morgan fingerprint density at radius 1 is 1.00 bits per heavy atom. The van der Waals surface area contributed by atoms with Gasteiger partial charge in [0.15, 0.2) is 0 Å². The third-order valence-corrected chi connectivity index (χ3v) is 3.33. The Morgan fingerprint density at radius 2 is 1.72 bits per heavy atom. The van der Waals surface area contributed by atoms with Gasteiger partial charge in [0.25, 0.3) is 0 Å². The number of rotatable bonds is 2. The van der Waals surface area contributed by atoms with E-state index in [1.807, 2.05) is 26.8 Å². The zero-order valence-corrected chi connectivity index (χ0v) is 12.6. The summed E-state index contributed by atoms with van der Waals surface area (Å²) in [5.41, 5.74) is 4.63. The molecule has 0 saturated carbocycles. The summed E-state index contributed by atoms with van der Waals surface area (Å²) in [5, 5.41) is 0. The largest absolute Gasteiger partial charge is 0.253 e. The molecule has 0 aliphatic heterocycles. The maximum absolute atomic E-state index is 4.57. The van der Waals surface area contributed by atoms with Crippen LogP contribution in [0.1, 0.15) is 25.1 Å². The first-order valence-electron chi connectivity index (χ1n) is 6.29. The molecule has 0 fully saturated rings. The number of thioether (sulfide) groups is 1. The molecule has 0 amide bonds. The highest BCUT2D eigenvalue weighted by atomic mass is 32.2. The van der Waals surface area contributed by atoms with Crippen LogP contribution in [0.15, 0.2) is 41.3 Å². The molecule has 1 heterocycles. The van der Waals surface area contributed by atoms with Gasteiger partial charge in [-0.25, -0.2) is 0 Å². The van der Waals surface area contributed by atoms with Gasteiger partial charge in [0, 0.05) is 16.2 Å². The van der Waals surface area contributed by atoms with Crippen LogP contribution in [-0.2, 0) is 0 Å². The molecule has 0 aliphatic carbocycles. The van der Waals surface area contributed by atoms with Gasteiger partial charge in [-0.05, 0) is 49.9 Å². The molecule has 0 aliphatic rings. The Hall–Kier alpha value is -1.28. The van der Waals surface area contributed by atoms with E-state index in [0.717, 1.165) is 11.4 Å². The van der Waals surface area contributed by atoms with E-state index in [2.05, 4.69) is 48.5 Å². The molecule has 0 unspecified atom stereocenters. The molecule has 0 N–H and O–H groups in total. The predicted molar refractivity (Wildman–Crippen MR) is 82.3 cm³/mol. The van der Waals surface area contributed by atoms with Crippen molar-refractivity contribution in [2.45, 2.75) is 32.6 Å². The molecule has 0 atom stereocenters. The lowest BCUT2D eigenvalue weighted by Crippen LogP contribution is -1.89. The summed E-state index contributed by atoms with van der Waals surface area (Å²) in [6.07, 6.45) is 2.10. The van der Waals surface area contributed by atoms with Gasteiger partial charge in [0.2, 0.25) is 0 Å². The van der Waals surface area contributed by atoms with Gasteiger partial charge in [-0.15, -0.1) is 11.8 Å². The standard InChI is InChI=1S/C14H15NS.C2H6/c1-10-7-8-12(16-3)9-13(10)14-6-4-5-11(2)15-14;1-2/h4-9H,1-3H3;1-2H3. The van der Waals surface area contributed by atoms with Crippen LogP contribution in [0.25, 0.3) is 11.3 Å². The van der Waals surface area contributed by atoms with Gasteiger partial charge < -0.3 is 0 Å². The SMILES string of the molecule is CC.CSc1ccc(C)c(-c2cccc(C)n2)c1. The van der Waals surface area contributed by atoms with Crippen molar-refractivity contribution in [2.24, 2.45) is 0 Å². The number of benzene rings is 1. The quantitative estimate of drug-likeness (QED) is 0.695. The van der Waals surface area contributed by atoms with Crippen molar-refractivity contribution >= 4 is 11.8 Å². The van der Waals surface area contributed by atoms with Crippen LogP contribution in [0.3, 0.4) is 0 Å². The van der Waals surface area contributed by atoms with Crippen LogP contribution in [-0.4, -0.2) is 11.2 Å². The van der Waals surface area contributed by atoms with Gasteiger partial charge in [-0.1, -0.05) is 26.0 Å². The molecule has 96 valence electrons. The van der Waals surface area contributed by atoms with Crippen molar-refractivity contribution in [3.63, 3.8) is 0 Å². The maximum Gasteiger partial charge on any atom is 0.0708 e. The molecule has 18 heavy (non-hydrogen) atoms. The predicted octanol–water partition coefficient (Wildman–Crippen LogP) is 5.11. The van der Waals surface area contributed by atoms with Crippen molar-refractivity contribution in [1.29, 1.82) is 0 Å². The third-order valence-electron chi connectivity index (χ3n) is 2.61. The minimum absolute atomic E-state index is 1.06. The second-order valence-electron chi connectivity index (χ2n) is 3.85. The molecule has 2 heteroatoms. The number of hydrogen-bond acceptors (Lipinski definition) is 2. The fraction of sp³-hybridized carbons (Fsp3) is 0.312. The van der Waals surface area contributed by atoms with Crippen LogP contribution >= 0.6 is 11.8 Å². The Bertz CT molecular complexity index is 506. The lowest BCUT2D eigenvalue weighted by molar-refractivity contribution is 1.19. The van der Waals surface area contributed by atoms with Crippen LogP contribution in [0, 0.1) is 13.8 Å². The van der Waals surface area contributed by atoms with E-state index in [-0.39, 0.29) is 0 Å². The van der Waals surface area contributed by atoms with Gasteiger partial charge in [-0.2, -0.15) is 0 Å². The van der Waals surface area contributed by atoms with Gasteiger partial charge in [-0.3, -0.25) is 4.98 Å². The van der Waals surface area contributed by atoms with Crippen molar-refractivity contribution in [3.05, 3.63) is 47.7 Å². The first-order valence-corrected chi connectivity index (χ1v) is 7.52. The molecular weight excluding hydrogens is 238 g/mol. The lowest BCUT2D eigenvalue weighted by Gasteiger charge is -2.07. The maximum atomic E-state index is 4.57. The summed E-state index contributed by atoms with van der Waals surface area (Å²) in [4.78, 5) is 5.85. The first-order chi connectivity index (χ1) is 8.70. The molecule has 0 radical (unpaired) electrons. The molecular formula is C16H21NS. The molecule has 1 nitrogen and oxygen atoms in total. The summed E-state index contributed by atoms with van der Waals surface area (Å²) >= 11 is 1.76. The Kier molecular flexibility index (Phi) is 5.93. The van der Waals surface area contributed by atoms with E-state index in [4.69, 9.17) is 0 Å². The molecule has 0 spiro atoms. The van der Waals surface area contributed by atoms with Crippen LogP contribution in [0.4, 0.5) is 0 Å². The second kappa shape index (κ2) is 7.22. The van der Waals surface area contributed by atoms with Crippen LogP contribution in [0.5, 0.6) is 0 Å². The molecule has 0 saturated heterocycles. The number of hydrogen-bond donors (Lipinski definition) is 0. The number of aromatic nitrogens is 1. The zero-order chi connectivity index (χ0) is 13.5. The molecule has 1 aromatic heterocycles. The first kappa shape index (κ1) is 14.8. The fourth-order valence-corrected chi connectivity index (χ4v) is 2.14. The highest BCUT2D eigenvalue weighted by molar-refractivity contribution is 7.98. The van der Waals surface area contributed by atoms with E-state index in [9.17, 15) is 0 Å². The molecule has 2 rings (SSSR count). The van der Waals surface area contributed by atoms with Crippen LogP contribution in [0.2, 0.25) is 0 Å². The summed E-state index contributed by atoms with van der Waals surface area (Å²) in [6.45, 7) is 8.15. The van der Waals surface area contributed by atoms with Crippen LogP contribution < -0.4 is 0 Å². The smallest absolute Gasteiger partial charge is 0.0708 e. The van der Waals surface area contributed by atoms with E-state index >= 15 is 0 Å². The molecule has 0 bridgehead atoms. The Balaban J connectivity index is 0.000000771. The minimum Gasteiger partial charge on any atom is -0.253 e. The highest BCUT2D eigenvalue weighted by Gasteiger charge is 2.04.